The van der Waals surface area contributed by atoms with Crippen LogP contribution in [0.1, 0.15) is 16.7 Å². The molecule has 178 valence electrons. The molecule has 3 aromatic rings. The first kappa shape index (κ1) is 24.7. The van der Waals surface area contributed by atoms with Gasteiger partial charge in [-0.15, -0.1) is 0 Å². The molecule has 0 aliphatic heterocycles. The van der Waals surface area contributed by atoms with Gasteiger partial charge in [-0.3, -0.25) is 20.2 Å². The van der Waals surface area contributed by atoms with E-state index in [4.69, 9.17) is 9.47 Å². The van der Waals surface area contributed by atoms with Crippen molar-refractivity contribution in [2.24, 2.45) is 0 Å². The van der Waals surface area contributed by atoms with Gasteiger partial charge in [-0.1, -0.05) is 6.07 Å². The van der Waals surface area contributed by atoms with Crippen LogP contribution in [-0.2, 0) is 6.18 Å². The minimum Gasteiger partial charge on any atom is -0.493 e. The molecular weight excluding hydrogens is 471 g/mol. The molecule has 35 heavy (non-hydrogen) atoms. The number of ether oxygens (including phenoxy) is 2. The highest BCUT2D eigenvalue weighted by Gasteiger charge is 2.33. The molecule has 0 radical (unpaired) electrons. The van der Waals surface area contributed by atoms with E-state index in [1.165, 1.54) is 55.7 Å². The summed E-state index contributed by atoms with van der Waals surface area (Å²) in [6.45, 7) is 0. The second kappa shape index (κ2) is 9.92. The number of nitrogens with zero attached hydrogens (tertiary/aromatic N) is 3. The van der Waals surface area contributed by atoms with Gasteiger partial charge in [0.25, 0.3) is 5.69 Å². The lowest BCUT2D eigenvalue weighted by Gasteiger charge is -2.13. The molecule has 3 aromatic carbocycles. The van der Waals surface area contributed by atoms with E-state index in [2.05, 4.69) is 0 Å². The monoisotopic (exact) mass is 485 g/mol. The molecule has 0 aliphatic carbocycles. The zero-order valence-electron chi connectivity index (χ0n) is 17.8. The van der Waals surface area contributed by atoms with Crippen LogP contribution in [0.2, 0.25) is 0 Å². The summed E-state index contributed by atoms with van der Waals surface area (Å²) < 4.78 is 49.5. The predicted octanol–water partition coefficient (Wildman–Crippen LogP) is 6.39. The topological polar surface area (TPSA) is 129 Å². The molecule has 0 atom stereocenters. The van der Waals surface area contributed by atoms with Gasteiger partial charge in [-0.2, -0.15) is 18.4 Å². The van der Waals surface area contributed by atoms with Gasteiger partial charge in [0.1, 0.15) is 0 Å². The molecule has 0 aliphatic rings. The zero-order valence-corrected chi connectivity index (χ0v) is 17.8. The molecule has 0 heterocycles. The SMILES string of the molecule is COc1cc(/C=C(\C#N)c2ccc([N+](=O)[O-])cc2)ccc1Oc1ccc(C(F)(F)F)cc1[N+](=O)[O-]. The van der Waals surface area contributed by atoms with E-state index in [1.807, 2.05) is 6.07 Å². The number of rotatable bonds is 7. The lowest BCUT2D eigenvalue weighted by molar-refractivity contribution is -0.385. The minimum absolute atomic E-state index is 0.0126. The van der Waals surface area contributed by atoms with Gasteiger partial charge in [0, 0.05) is 18.2 Å². The summed E-state index contributed by atoms with van der Waals surface area (Å²) in [4.78, 5) is 20.6. The lowest BCUT2D eigenvalue weighted by atomic mass is 10.0. The van der Waals surface area contributed by atoms with Crippen LogP contribution in [0.4, 0.5) is 24.5 Å². The maximum atomic E-state index is 12.9. The summed E-state index contributed by atoms with van der Waals surface area (Å²) in [5, 5.41) is 31.6. The summed E-state index contributed by atoms with van der Waals surface area (Å²) in [6.07, 6.45) is -3.29. The molecule has 3 rings (SSSR count). The van der Waals surface area contributed by atoms with Crippen LogP contribution in [0.15, 0.2) is 60.7 Å². The molecule has 0 bridgehead atoms. The van der Waals surface area contributed by atoms with Crippen molar-refractivity contribution in [1.29, 1.82) is 5.26 Å². The maximum absolute atomic E-state index is 12.9. The van der Waals surface area contributed by atoms with Crippen molar-refractivity contribution in [3.8, 4) is 23.3 Å². The molecular formula is C23H14F3N3O6. The molecule has 0 fully saturated rings. The van der Waals surface area contributed by atoms with Crippen molar-refractivity contribution in [2.75, 3.05) is 7.11 Å². The number of allylic oxidation sites excluding steroid dienone is 1. The average Bonchev–Trinajstić information content (AvgIpc) is 2.82. The van der Waals surface area contributed by atoms with Gasteiger partial charge in [0.2, 0.25) is 5.75 Å². The largest absolute Gasteiger partial charge is 0.493 e. The molecule has 9 nitrogen and oxygen atoms in total. The van der Waals surface area contributed by atoms with Crippen molar-refractivity contribution < 1.29 is 32.5 Å². The Morgan fingerprint density at radius 1 is 0.943 bits per heavy atom. The number of hydrogen-bond donors (Lipinski definition) is 0. The average molecular weight is 485 g/mol. The smallest absolute Gasteiger partial charge is 0.416 e. The Kier molecular flexibility index (Phi) is 7.00. The summed E-state index contributed by atoms with van der Waals surface area (Å²) >= 11 is 0. The predicted molar refractivity (Wildman–Crippen MR) is 118 cm³/mol. The number of methoxy groups -OCH3 is 1. The molecule has 0 saturated carbocycles. The Morgan fingerprint density at radius 2 is 1.60 bits per heavy atom. The van der Waals surface area contributed by atoms with Crippen LogP contribution >= 0.6 is 0 Å². The summed E-state index contributed by atoms with van der Waals surface area (Å²) in [5.74, 6) is -0.344. The Bertz CT molecular complexity index is 1360. The van der Waals surface area contributed by atoms with E-state index in [1.54, 1.807) is 0 Å². The van der Waals surface area contributed by atoms with Gasteiger partial charge in [-0.25, -0.2) is 0 Å². The maximum Gasteiger partial charge on any atom is 0.416 e. The quantitative estimate of drug-likeness (QED) is 0.164. The summed E-state index contributed by atoms with van der Waals surface area (Å²) in [5.41, 5.74) is -1.13. The standard InChI is InChI=1S/C23H14F3N3O6/c1-34-22-11-14(10-16(13-27)15-3-6-18(7-4-15)28(30)31)2-8-21(22)35-20-9-5-17(23(24,25)26)12-19(20)29(32)33/h2-12H,1H3/b16-10+. The number of benzene rings is 3. The van der Waals surface area contributed by atoms with E-state index < -0.39 is 33.0 Å². The first-order valence-electron chi connectivity index (χ1n) is 9.61. The van der Waals surface area contributed by atoms with Crippen LogP contribution in [0, 0.1) is 31.6 Å². The van der Waals surface area contributed by atoms with Gasteiger partial charge < -0.3 is 9.47 Å². The Morgan fingerprint density at radius 3 is 2.14 bits per heavy atom. The highest BCUT2D eigenvalue weighted by molar-refractivity contribution is 5.90. The summed E-state index contributed by atoms with van der Waals surface area (Å²) in [7, 11) is 1.29. The van der Waals surface area contributed by atoms with Gasteiger partial charge in [0.05, 0.1) is 34.2 Å². The van der Waals surface area contributed by atoms with Gasteiger partial charge in [-0.05, 0) is 53.6 Å². The Hall–Kier alpha value is -4.92. The normalized spacial score (nSPS) is 11.5. The number of nitriles is 1. The van der Waals surface area contributed by atoms with Crippen molar-refractivity contribution in [1.82, 2.24) is 0 Å². The molecule has 0 amide bonds. The zero-order chi connectivity index (χ0) is 25.8. The van der Waals surface area contributed by atoms with Gasteiger partial charge >= 0.3 is 11.9 Å². The Labute approximate surface area is 195 Å². The number of hydrogen-bond acceptors (Lipinski definition) is 7. The number of halogens is 3. The molecule has 0 spiro atoms. The van der Waals surface area contributed by atoms with Gasteiger partial charge in [0.15, 0.2) is 11.5 Å². The third-order valence-corrected chi connectivity index (χ3v) is 4.71. The van der Waals surface area contributed by atoms with Crippen LogP contribution in [-0.4, -0.2) is 17.0 Å². The number of alkyl halides is 3. The lowest BCUT2D eigenvalue weighted by Crippen LogP contribution is -2.06. The van der Waals surface area contributed by atoms with Crippen molar-refractivity contribution in [2.45, 2.75) is 6.18 Å². The van der Waals surface area contributed by atoms with E-state index >= 15 is 0 Å². The number of nitro benzene ring substituents is 2. The first-order valence-corrected chi connectivity index (χ1v) is 9.61. The van der Waals surface area contributed by atoms with E-state index in [0.717, 1.165) is 6.07 Å². The van der Waals surface area contributed by atoms with Crippen LogP contribution in [0.3, 0.4) is 0 Å². The van der Waals surface area contributed by atoms with Crippen molar-refractivity contribution >= 4 is 23.0 Å². The highest BCUT2D eigenvalue weighted by atomic mass is 19.4. The molecule has 12 heteroatoms. The van der Waals surface area contributed by atoms with Crippen molar-refractivity contribution in [3.05, 3.63) is 97.6 Å². The highest BCUT2D eigenvalue weighted by Crippen LogP contribution is 2.40. The minimum atomic E-state index is -4.77. The van der Waals surface area contributed by atoms with E-state index in [-0.39, 0.29) is 22.8 Å². The summed E-state index contributed by atoms with van der Waals surface area (Å²) in [6, 6.07) is 13.6. The Balaban J connectivity index is 1.95. The van der Waals surface area contributed by atoms with Crippen LogP contribution < -0.4 is 9.47 Å². The third kappa shape index (κ3) is 5.72. The second-order valence-corrected chi connectivity index (χ2v) is 6.92. The fraction of sp³-hybridized carbons (Fsp3) is 0.0870. The second-order valence-electron chi connectivity index (χ2n) is 6.92. The first-order chi connectivity index (χ1) is 16.5. The fourth-order valence-corrected chi connectivity index (χ4v) is 3.01. The molecule has 0 N–H and O–H groups in total. The molecule has 0 aromatic heterocycles. The molecule has 0 saturated heterocycles. The third-order valence-electron chi connectivity index (χ3n) is 4.71. The van der Waals surface area contributed by atoms with E-state index in [0.29, 0.717) is 23.3 Å². The van der Waals surface area contributed by atoms with E-state index in [9.17, 15) is 38.7 Å². The molecule has 0 unspecified atom stereocenters. The van der Waals surface area contributed by atoms with Crippen LogP contribution in [0.25, 0.3) is 11.6 Å². The van der Waals surface area contributed by atoms with Crippen molar-refractivity contribution in [3.63, 3.8) is 0 Å². The fourth-order valence-electron chi connectivity index (χ4n) is 3.01. The number of non-ortho nitro benzene ring substituents is 1. The van der Waals surface area contributed by atoms with Crippen LogP contribution in [0.5, 0.6) is 17.2 Å². The number of nitro groups is 2.